The Morgan fingerprint density at radius 3 is 2.64 bits per heavy atom. The quantitative estimate of drug-likeness (QED) is 0.730. The molecule has 0 amide bonds. The van der Waals surface area contributed by atoms with Gasteiger partial charge in [0, 0.05) is 25.2 Å². The van der Waals surface area contributed by atoms with Crippen LogP contribution in [0.25, 0.3) is 0 Å². The summed E-state index contributed by atoms with van der Waals surface area (Å²) in [7, 11) is 0. The van der Waals surface area contributed by atoms with Crippen LogP contribution in [0.5, 0.6) is 0 Å². The van der Waals surface area contributed by atoms with Gasteiger partial charge in [0.15, 0.2) is 0 Å². The summed E-state index contributed by atoms with van der Waals surface area (Å²) >= 11 is 0. The Kier molecular flexibility index (Phi) is 2.50. The molecule has 1 N–H and O–H groups in total. The summed E-state index contributed by atoms with van der Waals surface area (Å²) in [6.45, 7) is 6.36. The van der Waals surface area contributed by atoms with Crippen molar-refractivity contribution in [3.8, 4) is 6.07 Å². The van der Waals surface area contributed by atoms with Gasteiger partial charge in [0.1, 0.15) is 5.54 Å². The molecule has 0 aromatic rings. The average Bonchev–Trinajstić information content (AvgIpc) is 2.83. The first-order valence-corrected chi connectivity index (χ1v) is 5.58. The molecule has 78 valence electrons. The molecule has 1 heterocycles. The number of nitriles is 1. The highest BCUT2D eigenvalue weighted by atomic mass is 15.2. The predicted molar refractivity (Wildman–Crippen MR) is 55.8 cm³/mol. The van der Waals surface area contributed by atoms with Gasteiger partial charge in [-0.2, -0.15) is 5.26 Å². The number of nitrogens with zero attached hydrogens (tertiary/aromatic N) is 2. The molecule has 0 aromatic heterocycles. The molecule has 1 aliphatic heterocycles. The van der Waals surface area contributed by atoms with Crippen molar-refractivity contribution in [2.45, 2.75) is 50.7 Å². The largest absolute Gasteiger partial charge is 0.298 e. The summed E-state index contributed by atoms with van der Waals surface area (Å²) < 4.78 is 0. The van der Waals surface area contributed by atoms with Crippen LogP contribution >= 0.6 is 0 Å². The van der Waals surface area contributed by atoms with E-state index in [1.165, 1.54) is 12.8 Å². The predicted octanol–water partition coefficient (Wildman–Crippen LogP) is 1.11. The van der Waals surface area contributed by atoms with E-state index in [9.17, 15) is 5.26 Å². The van der Waals surface area contributed by atoms with Crippen LogP contribution in [0.2, 0.25) is 0 Å². The van der Waals surface area contributed by atoms with Crippen molar-refractivity contribution in [1.82, 2.24) is 10.2 Å². The molecule has 1 saturated carbocycles. The number of nitrogens with one attached hydrogen (secondary N) is 1. The van der Waals surface area contributed by atoms with Gasteiger partial charge in [0.05, 0.1) is 6.07 Å². The smallest absolute Gasteiger partial charge is 0.121 e. The second-order valence-corrected chi connectivity index (χ2v) is 4.93. The molecular weight excluding hydrogens is 174 g/mol. The lowest BCUT2D eigenvalue weighted by atomic mass is 10.0. The van der Waals surface area contributed by atoms with Crippen molar-refractivity contribution in [3.05, 3.63) is 0 Å². The summed E-state index contributed by atoms with van der Waals surface area (Å²) in [5, 5.41) is 12.8. The number of hydrogen-bond acceptors (Lipinski definition) is 3. The molecule has 3 nitrogen and oxygen atoms in total. The second-order valence-electron chi connectivity index (χ2n) is 4.93. The lowest BCUT2D eigenvalue weighted by molar-refractivity contribution is 0.256. The van der Waals surface area contributed by atoms with Gasteiger partial charge in [-0.25, -0.2) is 0 Å². The Labute approximate surface area is 86.1 Å². The summed E-state index contributed by atoms with van der Waals surface area (Å²) in [4.78, 5) is 2.39. The van der Waals surface area contributed by atoms with Crippen LogP contribution in [0.15, 0.2) is 0 Å². The van der Waals surface area contributed by atoms with Gasteiger partial charge in [-0.05, 0) is 33.1 Å². The van der Waals surface area contributed by atoms with Crippen molar-refractivity contribution < 1.29 is 0 Å². The Bertz CT molecular complexity index is 252. The second kappa shape index (κ2) is 3.52. The fourth-order valence-corrected chi connectivity index (χ4v) is 2.14. The third-order valence-electron chi connectivity index (χ3n) is 3.30. The van der Waals surface area contributed by atoms with Crippen molar-refractivity contribution >= 4 is 0 Å². The monoisotopic (exact) mass is 193 g/mol. The highest BCUT2D eigenvalue weighted by Crippen LogP contribution is 2.28. The van der Waals surface area contributed by atoms with E-state index in [1.54, 1.807) is 0 Å². The normalized spacial score (nSPS) is 33.6. The van der Waals surface area contributed by atoms with Gasteiger partial charge in [0.25, 0.3) is 0 Å². The van der Waals surface area contributed by atoms with Gasteiger partial charge in [-0.3, -0.25) is 10.2 Å². The molecule has 2 aliphatic rings. The maximum absolute atomic E-state index is 9.25. The van der Waals surface area contributed by atoms with Crippen LogP contribution in [-0.4, -0.2) is 35.6 Å². The lowest BCUT2D eigenvalue weighted by Crippen LogP contribution is -2.48. The molecule has 0 radical (unpaired) electrons. The fourth-order valence-electron chi connectivity index (χ4n) is 2.14. The average molecular weight is 193 g/mol. The van der Waals surface area contributed by atoms with Crippen LogP contribution in [0.4, 0.5) is 0 Å². The van der Waals surface area contributed by atoms with E-state index in [0.29, 0.717) is 12.1 Å². The molecule has 0 spiro atoms. The first kappa shape index (κ1) is 9.95. The van der Waals surface area contributed by atoms with Crippen LogP contribution in [0, 0.1) is 11.3 Å². The Hall–Kier alpha value is -0.590. The number of likely N-dealkylation sites (tertiary alicyclic amines) is 1. The number of hydrogen-bond donors (Lipinski definition) is 1. The Morgan fingerprint density at radius 1 is 1.50 bits per heavy atom. The van der Waals surface area contributed by atoms with Gasteiger partial charge < -0.3 is 0 Å². The van der Waals surface area contributed by atoms with Crippen molar-refractivity contribution in [2.75, 3.05) is 13.1 Å². The van der Waals surface area contributed by atoms with E-state index >= 15 is 0 Å². The van der Waals surface area contributed by atoms with Crippen LogP contribution < -0.4 is 5.32 Å². The molecule has 1 saturated heterocycles. The van der Waals surface area contributed by atoms with Crippen molar-refractivity contribution in [2.24, 2.45) is 0 Å². The minimum absolute atomic E-state index is 0.245. The van der Waals surface area contributed by atoms with Crippen LogP contribution in [-0.2, 0) is 0 Å². The first-order valence-electron chi connectivity index (χ1n) is 5.58. The van der Waals surface area contributed by atoms with E-state index in [-0.39, 0.29) is 5.54 Å². The third kappa shape index (κ3) is 1.92. The van der Waals surface area contributed by atoms with Gasteiger partial charge in [-0.1, -0.05) is 0 Å². The maximum Gasteiger partial charge on any atom is 0.121 e. The molecule has 2 fully saturated rings. The maximum atomic E-state index is 9.25. The molecule has 3 heteroatoms. The molecule has 1 unspecified atom stereocenters. The standard InChI is InChI=1S/C11H19N3/c1-9(2)14-6-5-11(7-12,8-14)13-10-3-4-10/h9-10,13H,3-6,8H2,1-2H3. The zero-order chi connectivity index (χ0) is 10.2. The van der Waals surface area contributed by atoms with Gasteiger partial charge in [0.2, 0.25) is 0 Å². The highest BCUT2D eigenvalue weighted by molar-refractivity contribution is 5.15. The Morgan fingerprint density at radius 2 is 2.21 bits per heavy atom. The molecule has 1 aliphatic carbocycles. The summed E-state index contributed by atoms with van der Waals surface area (Å²) in [5.74, 6) is 0. The molecule has 0 bridgehead atoms. The molecular formula is C11H19N3. The van der Waals surface area contributed by atoms with E-state index < -0.39 is 0 Å². The van der Waals surface area contributed by atoms with E-state index in [1.807, 2.05) is 0 Å². The van der Waals surface area contributed by atoms with Crippen LogP contribution in [0.1, 0.15) is 33.1 Å². The topological polar surface area (TPSA) is 39.1 Å². The highest BCUT2D eigenvalue weighted by Gasteiger charge is 2.42. The summed E-state index contributed by atoms with van der Waals surface area (Å²) in [6, 6.07) is 3.67. The molecule has 2 rings (SSSR count). The van der Waals surface area contributed by atoms with Gasteiger partial charge >= 0.3 is 0 Å². The molecule has 0 aromatic carbocycles. The van der Waals surface area contributed by atoms with Crippen LogP contribution in [0.3, 0.4) is 0 Å². The zero-order valence-corrected chi connectivity index (χ0v) is 9.08. The minimum Gasteiger partial charge on any atom is -0.298 e. The lowest BCUT2D eigenvalue weighted by Gasteiger charge is -2.25. The molecule has 1 atom stereocenters. The first-order chi connectivity index (χ1) is 6.65. The molecule has 14 heavy (non-hydrogen) atoms. The summed E-state index contributed by atoms with van der Waals surface area (Å²) in [5.41, 5.74) is -0.245. The third-order valence-corrected chi connectivity index (χ3v) is 3.30. The Balaban J connectivity index is 1.97. The van der Waals surface area contributed by atoms with Crippen molar-refractivity contribution in [3.63, 3.8) is 0 Å². The zero-order valence-electron chi connectivity index (χ0n) is 9.08. The fraction of sp³-hybridized carbons (Fsp3) is 0.909. The van der Waals surface area contributed by atoms with Crippen molar-refractivity contribution in [1.29, 1.82) is 5.26 Å². The van der Waals surface area contributed by atoms with E-state index in [2.05, 4.69) is 30.1 Å². The summed E-state index contributed by atoms with van der Waals surface area (Å²) in [6.07, 6.45) is 3.49. The van der Waals surface area contributed by atoms with Gasteiger partial charge in [-0.15, -0.1) is 0 Å². The van der Waals surface area contributed by atoms with E-state index in [0.717, 1.165) is 19.5 Å². The minimum atomic E-state index is -0.245. The SMILES string of the molecule is CC(C)N1CCC(C#N)(NC2CC2)C1. The number of rotatable bonds is 3. The van der Waals surface area contributed by atoms with E-state index in [4.69, 9.17) is 0 Å².